The molecular formula is C20H30N2O3S. The van der Waals surface area contributed by atoms with Crippen molar-refractivity contribution in [3.05, 3.63) is 29.3 Å². The fourth-order valence-corrected chi connectivity index (χ4v) is 5.83. The molecule has 6 heteroatoms. The molecule has 3 rings (SSSR count). The number of piperidine rings is 1. The molecule has 1 aliphatic carbocycles. The van der Waals surface area contributed by atoms with Crippen LogP contribution in [0, 0.1) is 6.92 Å². The van der Waals surface area contributed by atoms with Gasteiger partial charge in [-0.25, -0.2) is 8.42 Å². The fourth-order valence-electron chi connectivity index (χ4n) is 4.07. The fraction of sp³-hybridized carbons (Fsp3) is 0.650. The van der Waals surface area contributed by atoms with Gasteiger partial charge in [0.15, 0.2) is 0 Å². The van der Waals surface area contributed by atoms with E-state index in [-0.39, 0.29) is 16.3 Å². The topological polar surface area (TPSA) is 66.5 Å². The largest absolute Gasteiger partial charge is 0.347 e. The number of carbonyl (C=O) groups is 1. The Kier molecular flexibility index (Phi) is 5.72. The van der Waals surface area contributed by atoms with Gasteiger partial charge in [0.1, 0.15) is 0 Å². The van der Waals surface area contributed by atoms with Gasteiger partial charge in [-0.05, 0) is 57.2 Å². The first-order chi connectivity index (χ1) is 12.3. The second-order valence-electron chi connectivity index (χ2n) is 8.02. The summed E-state index contributed by atoms with van der Waals surface area (Å²) in [7, 11) is -3.54. The van der Waals surface area contributed by atoms with Gasteiger partial charge in [0.05, 0.1) is 4.90 Å². The summed E-state index contributed by atoms with van der Waals surface area (Å²) in [5.41, 5.74) is 0.931. The molecule has 0 atom stereocenters. The monoisotopic (exact) mass is 378 g/mol. The SMILES string of the molecule is Cc1ccc(C(=O)NC2(C)CCCCC2)cc1S(=O)(=O)N1CCCCC1. The summed E-state index contributed by atoms with van der Waals surface area (Å²) >= 11 is 0. The minimum atomic E-state index is -3.54. The third-order valence-corrected chi connectivity index (χ3v) is 7.80. The van der Waals surface area contributed by atoms with E-state index < -0.39 is 10.0 Å². The number of carbonyl (C=O) groups excluding carboxylic acids is 1. The molecule has 1 saturated carbocycles. The molecule has 1 aliphatic heterocycles. The number of rotatable bonds is 4. The summed E-state index contributed by atoms with van der Waals surface area (Å²) in [6, 6.07) is 5.03. The molecule has 0 radical (unpaired) electrons. The van der Waals surface area contributed by atoms with E-state index in [9.17, 15) is 13.2 Å². The molecule has 1 saturated heterocycles. The van der Waals surface area contributed by atoms with Gasteiger partial charge in [0.2, 0.25) is 10.0 Å². The zero-order valence-corrected chi connectivity index (χ0v) is 16.7. The lowest BCUT2D eigenvalue weighted by Crippen LogP contribution is -2.47. The molecule has 0 aromatic heterocycles. The normalized spacial score (nSPS) is 21.3. The zero-order valence-electron chi connectivity index (χ0n) is 15.9. The molecule has 1 amide bonds. The standard InChI is InChI=1S/C20H30N2O3S/c1-16-9-10-17(19(23)21-20(2)11-5-3-6-12-20)15-18(16)26(24,25)22-13-7-4-8-14-22/h9-10,15H,3-8,11-14H2,1-2H3,(H,21,23). The average Bonchev–Trinajstić information content (AvgIpc) is 2.63. The Hall–Kier alpha value is -1.40. The van der Waals surface area contributed by atoms with Crippen LogP contribution in [0.3, 0.4) is 0 Å². The van der Waals surface area contributed by atoms with Crippen LogP contribution in [-0.2, 0) is 10.0 Å². The van der Waals surface area contributed by atoms with Gasteiger partial charge >= 0.3 is 0 Å². The Morgan fingerprint density at radius 3 is 2.31 bits per heavy atom. The van der Waals surface area contributed by atoms with Crippen LogP contribution in [0.15, 0.2) is 23.1 Å². The smallest absolute Gasteiger partial charge is 0.251 e. The number of hydrogen-bond donors (Lipinski definition) is 1. The highest BCUT2D eigenvalue weighted by atomic mass is 32.2. The van der Waals surface area contributed by atoms with E-state index in [1.807, 2.05) is 0 Å². The number of amides is 1. The maximum atomic E-state index is 13.0. The Morgan fingerprint density at radius 1 is 1.04 bits per heavy atom. The van der Waals surface area contributed by atoms with Crippen LogP contribution in [0.25, 0.3) is 0 Å². The molecule has 5 nitrogen and oxygen atoms in total. The van der Waals surface area contributed by atoms with Crippen LogP contribution < -0.4 is 5.32 Å². The zero-order chi connectivity index (χ0) is 18.8. The number of sulfonamides is 1. The molecule has 0 spiro atoms. The molecule has 2 aliphatic rings. The molecule has 0 unspecified atom stereocenters. The third kappa shape index (κ3) is 4.12. The van der Waals surface area contributed by atoms with E-state index in [4.69, 9.17) is 0 Å². The highest BCUT2D eigenvalue weighted by Crippen LogP contribution is 2.29. The van der Waals surface area contributed by atoms with E-state index in [0.717, 1.165) is 44.9 Å². The minimum Gasteiger partial charge on any atom is -0.347 e. The second-order valence-corrected chi connectivity index (χ2v) is 9.93. The number of nitrogens with one attached hydrogen (secondary N) is 1. The Morgan fingerprint density at radius 2 is 1.65 bits per heavy atom. The van der Waals surface area contributed by atoms with Crippen LogP contribution in [0.2, 0.25) is 0 Å². The Labute approximate surface area is 157 Å². The van der Waals surface area contributed by atoms with Gasteiger partial charge in [0.25, 0.3) is 5.91 Å². The summed E-state index contributed by atoms with van der Waals surface area (Å²) in [5, 5.41) is 3.14. The molecule has 2 fully saturated rings. The lowest BCUT2D eigenvalue weighted by atomic mass is 9.83. The molecule has 1 N–H and O–H groups in total. The lowest BCUT2D eigenvalue weighted by Gasteiger charge is -2.34. The molecule has 26 heavy (non-hydrogen) atoms. The number of benzene rings is 1. The summed E-state index contributed by atoms with van der Waals surface area (Å²) < 4.78 is 27.6. The molecule has 1 aromatic rings. The highest BCUT2D eigenvalue weighted by Gasteiger charge is 2.31. The molecule has 1 heterocycles. The van der Waals surface area contributed by atoms with E-state index in [0.29, 0.717) is 24.2 Å². The van der Waals surface area contributed by atoms with Crippen LogP contribution >= 0.6 is 0 Å². The van der Waals surface area contributed by atoms with Gasteiger partial charge in [-0.2, -0.15) is 4.31 Å². The van der Waals surface area contributed by atoms with Crippen LogP contribution in [0.5, 0.6) is 0 Å². The molecule has 0 bridgehead atoms. The van der Waals surface area contributed by atoms with Crippen LogP contribution in [0.4, 0.5) is 0 Å². The number of hydrogen-bond acceptors (Lipinski definition) is 3. The van der Waals surface area contributed by atoms with Gasteiger partial charge in [-0.1, -0.05) is 31.7 Å². The van der Waals surface area contributed by atoms with Gasteiger partial charge < -0.3 is 5.32 Å². The van der Waals surface area contributed by atoms with E-state index >= 15 is 0 Å². The van der Waals surface area contributed by atoms with Gasteiger partial charge in [-0.15, -0.1) is 0 Å². The number of aryl methyl sites for hydroxylation is 1. The summed E-state index contributed by atoms with van der Waals surface area (Å²) in [4.78, 5) is 13.0. The van der Waals surface area contributed by atoms with Crippen molar-refractivity contribution >= 4 is 15.9 Å². The third-order valence-electron chi connectivity index (χ3n) is 5.76. The summed E-state index contributed by atoms with van der Waals surface area (Å²) in [5.74, 6) is -0.176. The quantitative estimate of drug-likeness (QED) is 0.870. The van der Waals surface area contributed by atoms with Crippen molar-refractivity contribution in [3.8, 4) is 0 Å². The summed E-state index contributed by atoms with van der Waals surface area (Å²) in [6.45, 7) is 5.01. The van der Waals surface area contributed by atoms with Crippen molar-refractivity contribution < 1.29 is 13.2 Å². The predicted molar refractivity (Wildman–Crippen MR) is 103 cm³/mol. The minimum absolute atomic E-state index is 0.176. The van der Waals surface area contributed by atoms with Crippen molar-refractivity contribution in [3.63, 3.8) is 0 Å². The Balaban J connectivity index is 1.84. The van der Waals surface area contributed by atoms with E-state index in [2.05, 4.69) is 12.2 Å². The van der Waals surface area contributed by atoms with Gasteiger partial charge in [0, 0.05) is 24.2 Å². The first-order valence-corrected chi connectivity index (χ1v) is 11.2. The van der Waals surface area contributed by atoms with Gasteiger partial charge in [-0.3, -0.25) is 4.79 Å². The Bertz CT molecular complexity index is 761. The summed E-state index contributed by atoms with van der Waals surface area (Å²) in [6.07, 6.45) is 8.29. The van der Waals surface area contributed by atoms with Crippen LogP contribution in [-0.4, -0.2) is 37.3 Å². The lowest BCUT2D eigenvalue weighted by molar-refractivity contribution is 0.0882. The first-order valence-electron chi connectivity index (χ1n) is 9.75. The maximum Gasteiger partial charge on any atom is 0.251 e. The van der Waals surface area contributed by atoms with Crippen molar-refractivity contribution in [2.45, 2.75) is 75.6 Å². The van der Waals surface area contributed by atoms with Crippen molar-refractivity contribution in [1.29, 1.82) is 0 Å². The molecular weight excluding hydrogens is 348 g/mol. The second kappa shape index (κ2) is 7.69. The predicted octanol–water partition coefficient (Wildman–Crippen LogP) is 3.62. The van der Waals surface area contributed by atoms with Crippen molar-refractivity contribution in [2.75, 3.05) is 13.1 Å². The maximum absolute atomic E-state index is 13.0. The van der Waals surface area contributed by atoms with Crippen molar-refractivity contribution in [1.82, 2.24) is 9.62 Å². The average molecular weight is 379 g/mol. The van der Waals surface area contributed by atoms with E-state index in [1.54, 1.807) is 29.4 Å². The number of nitrogens with zero attached hydrogens (tertiary/aromatic N) is 1. The van der Waals surface area contributed by atoms with Crippen molar-refractivity contribution in [2.24, 2.45) is 0 Å². The highest BCUT2D eigenvalue weighted by molar-refractivity contribution is 7.89. The first kappa shape index (κ1) is 19.4. The van der Waals surface area contributed by atoms with E-state index in [1.165, 1.54) is 6.42 Å². The molecule has 144 valence electrons. The van der Waals surface area contributed by atoms with Crippen LogP contribution in [0.1, 0.15) is 74.2 Å². The molecule has 1 aromatic carbocycles.